The van der Waals surface area contributed by atoms with Crippen molar-refractivity contribution in [1.82, 2.24) is 4.98 Å². The molecule has 10 nitrogen and oxygen atoms in total. The normalized spacial score (nSPS) is 17.5. The Morgan fingerprint density at radius 1 is 0.932 bits per heavy atom. The van der Waals surface area contributed by atoms with Crippen LogP contribution in [0.15, 0.2) is 78.9 Å². The van der Waals surface area contributed by atoms with Crippen molar-refractivity contribution in [3.63, 3.8) is 0 Å². The maximum absolute atomic E-state index is 13.3. The molecule has 0 radical (unpaired) electrons. The summed E-state index contributed by atoms with van der Waals surface area (Å²) in [5, 5.41) is 11.8. The molecule has 4 aromatic rings. The molecule has 1 fully saturated rings. The number of anilines is 1. The molecule has 2 aliphatic rings. The number of carbonyl (C=O) groups is 4. The lowest BCUT2D eigenvalue weighted by Gasteiger charge is -2.16. The fraction of sp³-hybridized carbons (Fsp3) is 0.206. The molecule has 2 unspecified atom stereocenters. The lowest BCUT2D eigenvalue weighted by atomic mass is 9.85. The number of nitro benzene ring substituents is 1. The number of hydrogen-bond donors (Lipinski definition) is 0. The number of ether oxygens (including phenoxy) is 1. The molecule has 2 amide bonds. The number of esters is 1. The molecule has 220 valence electrons. The van der Waals surface area contributed by atoms with Crippen LogP contribution in [0.3, 0.4) is 0 Å². The number of imide groups is 1. The van der Waals surface area contributed by atoms with Crippen LogP contribution < -0.4 is 4.90 Å². The van der Waals surface area contributed by atoms with Gasteiger partial charge in [-0.05, 0) is 50.5 Å². The first-order valence-corrected chi connectivity index (χ1v) is 14.1. The Morgan fingerprint density at radius 3 is 2.27 bits per heavy atom. The molecule has 0 N–H and O–H groups in total. The van der Waals surface area contributed by atoms with Crippen molar-refractivity contribution in [1.29, 1.82) is 0 Å². The van der Waals surface area contributed by atoms with Crippen molar-refractivity contribution in [2.24, 2.45) is 11.8 Å². The van der Waals surface area contributed by atoms with Crippen LogP contribution in [0.4, 0.5) is 11.4 Å². The summed E-state index contributed by atoms with van der Waals surface area (Å²) in [5.74, 6) is -2.39. The van der Waals surface area contributed by atoms with Crippen LogP contribution in [0.25, 0.3) is 22.2 Å². The number of fused-ring (bicyclic) bond motifs is 2. The maximum Gasteiger partial charge on any atom is 0.339 e. The maximum atomic E-state index is 13.3. The number of Topliss-reactive ketones (excluding diaryl/α,β-unsaturated/α-hetero) is 1. The van der Waals surface area contributed by atoms with E-state index in [1.165, 1.54) is 23.1 Å². The number of pyridine rings is 1. The molecule has 6 rings (SSSR count). The Hall–Kier alpha value is -5.51. The van der Waals surface area contributed by atoms with Gasteiger partial charge in [0.25, 0.3) is 5.69 Å². The van der Waals surface area contributed by atoms with Gasteiger partial charge in [0.05, 0.1) is 39.2 Å². The highest BCUT2D eigenvalue weighted by Crippen LogP contribution is 2.38. The molecular formula is C34H27N3O7. The zero-order valence-corrected chi connectivity index (χ0v) is 24.0. The van der Waals surface area contributed by atoms with E-state index < -0.39 is 23.3 Å². The van der Waals surface area contributed by atoms with E-state index in [1.807, 2.05) is 25.1 Å². The van der Waals surface area contributed by atoms with E-state index >= 15 is 0 Å². The average Bonchev–Trinajstić information content (AvgIpc) is 3.28. The smallest absolute Gasteiger partial charge is 0.339 e. The quantitative estimate of drug-likeness (QED) is 0.0647. The van der Waals surface area contributed by atoms with E-state index in [0.29, 0.717) is 46.3 Å². The van der Waals surface area contributed by atoms with Crippen LogP contribution in [0.2, 0.25) is 0 Å². The Morgan fingerprint density at radius 2 is 1.61 bits per heavy atom. The van der Waals surface area contributed by atoms with Crippen molar-refractivity contribution in [2.45, 2.75) is 26.7 Å². The second kappa shape index (κ2) is 11.3. The molecule has 1 aliphatic heterocycles. The van der Waals surface area contributed by atoms with Gasteiger partial charge in [-0.1, -0.05) is 54.6 Å². The summed E-state index contributed by atoms with van der Waals surface area (Å²) >= 11 is 0. The molecule has 1 aromatic heterocycles. The van der Waals surface area contributed by atoms with E-state index in [0.717, 1.165) is 5.56 Å². The van der Waals surface area contributed by atoms with Gasteiger partial charge in [0.2, 0.25) is 17.6 Å². The van der Waals surface area contributed by atoms with Gasteiger partial charge in [-0.2, -0.15) is 0 Å². The molecule has 2 heterocycles. The zero-order chi connectivity index (χ0) is 31.1. The highest BCUT2D eigenvalue weighted by atomic mass is 16.6. The average molecular weight is 590 g/mol. The highest BCUT2D eigenvalue weighted by molar-refractivity contribution is 6.22. The number of rotatable bonds is 7. The predicted octanol–water partition coefficient (Wildman–Crippen LogP) is 5.92. The minimum absolute atomic E-state index is 0.0665. The van der Waals surface area contributed by atoms with E-state index in [1.54, 1.807) is 49.4 Å². The van der Waals surface area contributed by atoms with Gasteiger partial charge >= 0.3 is 5.97 Å². The first kappa shape index (κ1) is 28.6. The second-order valence-corrected chi connectivity index (χ2v) is 11.0. The van der Waals surface area contributed by atoms with E-state index in [9.17, 15) is 29.3 Å². The van der Waals surface area contributed by atoms with Gasteiger partial charge in [-0.25, -0.2) is 9.78 Å². The van der Waals surface area contributed by atoms with Crippen molar-refractivity contribution < 1.29 is 28.8 Å². The van der Waals surface area contributed by atoms with Gasteiger partial charge in [0, 0.05) is 28.1 Å². The van der Waals surface area contributed by atoms with Gasteiger partial charge in [-0.15, -0.1) is 0 Å². The monoisotopic (exact) mass is 589 g/mol. The molecular weight excluding hydrogens is 562 g/mol. The molecule has 3 aromatic carbocycles. The van der Waals surface area contributed by atoms with Crippen LogP contribution in [-0.2, 0) is 14.3 Å². The Labute approximate surface area is 252 Å². The third kappa shape index (κ3) is 5.04. The van der Waals surface area contributed by atoms with Crippen molar-refractivity contribution in [3.05, 3.63) is 111 Å². The number of para-hydroxylation sites is 1. The molecule has 2 atom stereocenters. The third-order valence-corrected chi connectivity index (χ3v) is 8.25. The Balaban J connectivity index is 1.27. The summed E-state index contributed by atoms with van der Waals surface area (Å²) in [7, 11) is 0. The van der Waals surface area contributed by atoms with E-state index in [-0.39, 0.29) is 40.5 Å². The summed E-state index contributed by atoms with van der Waals surface area (Å²) in [6, 6.07) is 17.9. The standard InChI is InChI=1S/C34H27N3O7/c1-19-10-11-22(16-29(19)37(42)43)30(38)18-44-34(41)27-17-28(35-31-20(2)6-5-9-24(27)31)21-12-14-23(15-13-21)36-32(39)25-7-3-4-8-26(25)33(36)40/h3-6,9-17,25-26H,7-8,18H2,1-2H3. The number of benzene rings is 3. The van der Waals surface area contributed by atoms with E-state index in [2.05, 4.69) is 0 Å². The van der Waals surface area contributed by atoms with Crippen LogP contribution in [-0.4, -0.2) is 40.1 Å². The number of aromatic nitrogens is 1. The number of nitrogens with zero attached hydrogens (tertiary/aromatic N) is 3. The molecule has 0 spiro atoms. The number of ketones is 1. The first-order chi connectivity index (χ1) is 21.1. The summed E-state index contributed by atoms with van der Waals surface area (Å²) in [4.78, 5) is 68.9. The number of allylic oxidation sites excluding steroid dienone is 2. The van der Waals surface area contributed by atoms with Gasteiger partial charge < -0.3 is 4.74 Å². The zero-order valence-electron chi connectivity index (χ0n) is 24.0. The number of nitro groups is 1. The van der Waals surface area contributed by atoms with Gasteiger partial charge in [0.15, 0.2) is 6.61 Å². The summed E-state index contributed by atoms with van der Waals surface area (Å²) in [6.07, 6.45) is 5.00. The van der Waals surface area contributed by atoms with Gasteiger partial charge in [-0.3, -0.25) is 29.4 Å². The number of amides is 2. The highest BCUT2D eigenvalue weighted by Gasteiger charge is 2.47. The third-order valence-electron chi connectivity index (χ3n) is 8.25. The molecule has 1 saturated heterocycles. The molecule has 10 heteroatoms. The lowest BCUT2D eigenvalue weighted by Crippen LogP contribution is -2.30. The van der Waals surface area contributed by atoms with Crippen molar-refractivity contribution >= 4 is 45.8 Å². The minimum atomic E-state index is -0.750. The Kier molecular flexibility index (Phi) is 7.34. The molecule has 44 heavy (non-hydrogen) atoms. The predicted molar refractivity (Wildman–Crippen MR) is 162 cm³/mol. The summed E-state index contributed by atoms with van der Waals surface area (Å²) in [6.45, 7) is 2.83. The van der Waals surface area contributed by atoms with Crippen LogP contribution >= 0.6 is 0 Å². The number of hydrogen-bond acceptors (Lipinski definition) is 8. The molecule has 0 bridgehead atoms. The molecule has 1 aliphatic carbocycles. The van der Waals surface area contributed by atoms with Crippen LogP contribution in [0, 0.1) is 35.8 Å². The number of aryl methyl sites for hydroxylation is 2. The van der Waals surface area contributed by atoms with Gasteiger partial charge in [0.1, 0.15) is 0 Å². The SMILES string of the molecule is Cc1ccc(C(=O)COC(=O)c2cc(-c3ccc(N4C(=O)C5CC=CCC5C4=O)cc3)nc3c(C)cccc23)cc1[N+](=O)[O-]. The largest absolute Gasteiger partial charge is 0.454 e. The Bertz CT molecular complexity index is 1890. The fourth-order valence-corrected chi connectivity index (χ4v) is 5.82. The fourth-order valence-electron chi connectivity index (χ4n) is 5.82. The first-order valence-electron chi connectivity index (χ1n) is 14.1. The summed E-state index contributed by atoms with van der Waals surface area (Å²) in [5.41, 5.74) is 3.46. The minimum Gasteiger partial charge on any atom is -0.454 e. The second-order valence-electron chi connectivity index (χ2n) is 11.0. The van der Waals surface area contributed by atoms with Crippen LogP contribution in [0.1, 0.15) is 44.7 Å². The molecule has 0 saturated carbocycles. The lowest BCUT2D eigenvalue weighted by molar-refractivity contribution is -0.385. The van der Waals surface area contributed by atoms with Crippen LogP contribution in [0.5, 0.6) is 0 Å². The number of carbonyl (C=O) groups excluding carboxylic acids is 4. The van der Waals surface area contributed by atoms with Crippen molar-refractivity contribution in [2.75, 3.05) is 11.5 Å². The van der Waals surface area contributed by atoms with Crippen molar-refractivity contribution in [3.8, 4) is 11.3 Å². The topological polar surface area (TPSA) is 137 Å². The summed E-state index contributed by atoms with van der Waals surface area (Å²) < 4.78 is 5.40. The van der Waals surface area contributed by atoms with E-state index in [4.69, 9.17) is 9.72 Å².